The lowest BCUT2D eigenvalue weighted by Crippen LogP contribution is -2.23. The first-order chi connectivity index (χ1) is 7.23. The first-order valence-corrected chi connectivity index (χ1v) is 6.13. The maximum absolute atomic E-state index is 10.8. The maximum Gasteiger partial charge on any atom is 0.304 e. The van der Waals surface area contributed by atoms with Gasteiger partial charge in [0.05, 0.1) is 11.7 Å². The minimum absolute atomic E-state index is 0.0571. The van der Waals surface area contributed by atoms with E-state index >= 15 is 0 Å². The summed E-state index contributed by atoms with van der Waals surface area (Å²) < 4.78 is 30.3. The average molecular weight is 254 g/mol. The zero-order valence-electron chi connectivity index (χ0n) is 8.50. The lowest BCUT2D eigenvalue weighted by Gasteiger charge is -2.10. The van der Waals surface area contributed by atoms with Crippen LogP contribution in [0.3, 0.4) is 0 Å². The molecule has 0 spiro atoms. The molecule has 0 amide bonds. The zero-order chi connectivity index (χ0) is 12.8. The van der Waals surface area contributed by atoms with Crippen molar-refractivity contribution in [2.75, 3.05) is 0 Å². The van der Waals surface area contributed by atoms with Crippen molar-refractivity contribution in [2.24, 2.45) is 0 Å². The summed E-state index contributed by atoms with van der Waals surface area (Å²) in [7, 11) is -4.39. The SMILES string of the molecule is O=C(O)CCCCC(CC(=O)O)S(=O)(=O)O. The van der Waals surface area contributed by atoms with E-state index in [1.54, 1.807) is 0 Å². The molecule has 94 valence electrons. The van der Waals surface area contributed by atoms with Gasteiger partial charge in [0.1, 0.15) is 0 Å². The van der Waals surface area contributed by atoms with Gasteiger partial charge in [0, 0.05) is 6.42 Å². The van der Waals surface area contributed by atoms with Crippen molar-refractivity contribution in [3.8, 4) is 0 Å². The van der Waals surface area contributed by atoms with Gasteiger partial charge in [-0.1, -0.05) is 6.42 Å². The Morgan fingerprint density at radius 1 is 1.06 bits per heavy atom. The number of rotatable bonds is 8. The molecule has 0 aliphatic heterocycles. The first kappa shape index (κ1) is 14.8. The molecular weight excluding hydrogens is 240 g/mol. The van der Waals surface area contributed by atoms with Crippen molar-refractivity contribution in [3.05, 3.63) is 0 Å². The van der Waals surface area contributed by atoms with E-state index in [9.17, 15) is 18.0 Å². The van der Waals surface area contributed by atoms with Gasteiger partial charge in [0.25, 0.3) is 10.1 Å². The van der Waals surface area contributed by atoms with Crippen LogP contribution in [0.15, 0.2) is 0 Å². The number of aliphatic carboxylic acids is 2. The predicted molar refractivity (Wildman–Crippen MR) is 53.7 cm³/mol. The number of unbranched alkanes of at least 4 members (excludes halogenated alkanes) is 1. The summed E-state index contributed by atoms with van der Waals surface area (Å²) in [5, 5.41) is 15.4. The molecule has 0 radical (unpaired) electrons. The molecule has 0 fully saturated rings. The van der Waals surface area contributed by atoms with Crippen LogP contribution in [0.5, 0.6) is 0 Å². The van der Waals surface area contributed by atoms with Crippen LogP contribution in [-0.4, -0.2) is 40.4 Å². The van der Waals surface area contributed by atoms with Crippen molar-refractivity contribution in [1.29, 1.82) is 0 Å². The third-order valence-corrected chi connectivity index (χ3v) is 3.24. The fourth-order valence-corrected chi connectivity index (χ4v) is 2.02. The summed E-state index contributed by atoms with van der Waals surface area (Å²) in [6.07, 6.45) is -0.347. The summed E-state index contributed by atoms with van der Waals surface area (Å²) >= 11 is 0. The van der Waals surface area contributed by atoms with Gasteiger partial charge in [-0.25, -0.2) is 0 Å². The minimum Gasteiger partial charge on any atom is -0.481 e. The third kappa shape index (κ3) is 7.18. The molecule has 0 aromatic rings. The van der Waals surface area contributed by atoms with Gasteiger partial charge in [-0.15, -0.1) is 0 Å². The van der Waals surface area contributed by atoms with Gasteiger partial charge in [-0.05, 0) is 12.8 Å². The Balaban J connectivity index is 4.14. The van der Waals surface area contributed by atoms with Crippen LogP contribution >= 0.6 is 0 Å². The summed E-state index contributed by atoms with van der Waals surface area (Å²) in [6.45, 7) is 0. The number of hydrogen-bond acceptors (Lipinski definition) is 4. The highest BCUT2D eigenvalue weighted by Crippen LogP contribution is 2.14. The lowest BCUT2D eigenvalue weighted by atomic mass is 10.1. The predicted octanol–water partition coefficient (Wildman–Crippen LogP) is 0.363. The van der Waals surface area contributed by atoms with Crippen molar-refractivity contribution in [2.45, 2.75) is 37.4 Å². The Morgan fingerprint density at radius 3 is 2.00 bits per heavy atom. The normalized spacial score (nSPS) is 13.3. The Labute approximate surface area is 92.8 Å². The summed E-state index contributed by atoms with van der Waals surface area (Å²) in [5.41, 5.74) is 0. The summed E-state index contributed by atoms with van der Waals surface area (Å²) in [5.74, 6) is -2.32. The highest BCUT2D eigenvalue weighted by Gasteiger charge is 2.25. The van der Waals surface area contributed by atoms with Crippen molar-refractivity contribution in [3.63, 3.8) is 0 Å². The number of hydrogen-bond donors (Lipinski definition) is 3. The van der Waals surface area contributed by atoms with E-state index in [0.717, 1.165) is 0 Å². The number of carboxylic acids is 2. The molecule has 0 saturated carbocycles. The van der Waals surface area contributed by atoms with Gasteiger partial charge in [0.2, 0.25) is 0 Å². The topological polar surface area (TPSA) is 129 Å². The maximum atomic E-state index is 10.8. The van der Waals surface area contributed by atoms with Crippen LogP contribution in [0.25, 0.3) is 0 Å². The molecule has 8 heteroatoms. The van der Waals surface area contributed by atoms with Crippen LogP contribution in [0.2, 0.25) is 0 Å². The molecule has 1 atom stereocenters. The second-order valence-electron chi connectivity index (χ2n) is 3.37. The van der Waals surface area contributed by atoms with E-state index in [0.29, 0.717) is 0 Å². The number of carbonyl (C=O) groups is 2. The summed E-state index contributed by atoms with van der Waals surface area (Å²) in [6, 6.07) is 0. The molecular formula is C8H14O7S. The lowest BCUT2D eigenvalue weighted by molar-refractivity contribution is -0.138. The Morgan fingerprint density at radius 2 is 1.62 bits per heavy atom. The number of carboxylic acid groups (broad SMARTS) is 2. The molecule has 0 heterocycles. The van der Waals surface area contributed by atoms with Crippen LogP contribution in [0.1, 0.15) is 32.1 Å². The largest absolute Gasteiger partial charge is 0.481 e. The molecule has 3 N–H and O–H groups in total. The van der Waals surface area contributed by atoms with E-state index in [2.05, 4.69) is 0 Å². The third-order valence-electron chi connectivity index (χ3n) is 1.99. The van der Waals surface area contributed by atoms with Gasteiger partial charge in [-0.2, -0.15) is 8.42 Å². The molecule has 0 rings (SSSR count). The monoisotopic (exact) mass is 254 g/mol. The second kappa shape index (κ2) is 6.44. The van der Waals surface area contributed by atoms with Crippen molar-refractivity contribution >= 4 is 22.1 Å². The van der Waals surface area contributed by atoms with Gasteiger partial charge in [0.15, 0.2) is 0 Å². The molecule has 0 bridgehead atoms. The molecule has 0 aliphatic carbocycles. The molecule has 16 heavy (non-hydrogen) atoms. The van der Waals surface area contributed by atoms with Crippen LogP contribution in [0.4, 0.5) is 0 Å². The van der Waals surface area contributed by atoms with Crippen LogP contribution < -0.4 is 0 Å². The van der Waals surface area contributed by atoms with Gasteiger partial charge in [-0.3, -0.25) is 14.1 Å². The summed E-state index contributed by atoms with van der Waals surface area (Å²) in [4.78, 5) is 20.5. The van der Waals surface area contributed by atoms with E-state index in [4.69, 9.17) is 14.8 Å². The van der Waals surface area contributed by atoms with Crippen LogP contribution in [0, 0.1) is 0 Å². The molecule has 0 saturated heterocycles. The molecule has 0 aliphatic rings. The first-order valence-electron chi connectivity index (χ1n) is 4.63. The fourth-order valence-electron chi connectivity index (χ4n) is 1.20. The highest BCUT2D eigenvalue weighted by molar-refractivity contribution is 7.86. The van der Waals surface area contributed by atoms with Crippen LogP contribution in [-0.2, 0) is 19.7 Å². The fraction of sp³-hybridized carbons (Fsp3) is 0.750. The molecule has 0 aromatic carbocycles. The minimum atomic E-state index is -4.39. The quantitative estimate of drug-likeness (QED) is 0.421. The van der Waals surface area contributed by atoms with Crippen molar-refractivity contribution in [1.82, 2.24) is 0 Å². The zero-order valence-corrected chi connectivity index (χ0v) is 9.31. The second-order valence-corrected chi connectivity index (χ2v) is 5.07. The van der Waals surface area contributed by atoms with E-state index in [1.165, 1.54) is 0 Å². The Kier molecular flexibility index (Phi) is 5.97. The van der Waals surface area contributed by atoms with Gasteiger partial charge >= 0.3 is 11.9 Å². The average Bonchev–Trinajstić information content (AvgIpc) is 2.07. The highest BCUT2D eigenvalue weighted by atomic mass is 32.2. The van der Waals surface area contributed by atoms with E-state index in [1.807, 2.05) is 0 Å². The van der Waals surface area contributed by atoms with Crippen molar-refractivity contribution < 1.29 is 32.8 Å². The van der Waals surface area contributed by atoms with Gasteiger partial charge < -0.3 is 10.2 Å². The van der Waals surface area contributed by atoms with E-state index < -0.39 is 33.7 Å². The smallest absolute Gasteiger partial charge is 0.304 e. The Bertz CT molecular complexity index is 345. The molecule has 0 aromatic heterocycles. The van der Waals surface area contributed by atoms with E-state index in [-0.39, 0.29) is 25.7 Å². The molecule has 1 unspecified atom stereocenters. The molecule has 7 nitrogen and oxygen atoms in total. The standard InChI is InChI=1S/C8H14O7S/c9-7(10)4-2-1-3-6(5-8(11)12)16(13,14)15/h6H,1-5H2,(H,9,10)(H,11,12)(H,13,14,15). The Hall–Kier alpha value is -1.15.